The zero-order valence-electron chi connectivity index (χ0n) is 14.4. The fourth-order valence-electron chi connectivity index (χ4n) is 2.14. The number of thiazole rings is 1. The predicted molar refractivity (Wildman–Crippen MR) is 93.0 cm³/mol. The molecule has 0 spiro atoms. The van der Waals surface area contributed by atoms with Crippen molar-refractivity contribution in [3.8, 4) is 5.75 Å². The smallest absolute Gasteiger partial charge is 0.307 e. The summed E-state index contributed by atoms with van der Waals surface area (Å²) in [7, 11) is 1.61. The van der Waals surface area contributed by atoms with Gasteiger partial charge in [0, 0.05) is 12.5 Å². The molecule has 1 aromatic heterocycles. The van der Waals surface area contributed by atoms with E-state index in [1.807, 2.05) is 36.6 Å². The summed E-state index contributed by atoms with van der Waals surface area (Å²) in [6.07, 6.45) is 0.231. The second-order valence-corrected chi connectivity index (χ2v) is 6.54. The van der Waals surface area contributed by atoms with Gasteiger partial charge in [0.15, 0.2) is 4.80 Å². The Kier molecular flexibility index (Phi) is 6.14. The Labute approximate surface area is 144 Å². The predicted octanol–water partition coefficient (Wildman–Crippen LogP) is 2.75. The molecule has 0 aliphatic rings. The lowest BCUT2D eigenvalue weighted by Gasteiger charge is -2.06. The Morgan fingerprint density at radius 2 is 2.08 bits per heavy atom. The van der Waals surface area contributed by atoms with Crippen LogP contribution in [-0.2, 0) is 20.9 Å². The van der Waals surface area contributed by atoms with Gasteiger partial charge in [-0.2, -0.15) is 4.99 Å². The number of rotatable bonds is 6. The van der Waals surface area contributed by atoms with Gasteiger partial charge in [-0.15, -0.1) is 0 Å². The van der Waals surface area contributed by atoms with Crippen LogP contribution in [0.5, 0.6) is 5.75 Å². The summed E-state index contributed by atoms with van der Waals surface area (Å²) in [6, 6.07) is 5.67. The maximum Gasteiger partial charge on any atom is 0.307 e. The van der Waals surface area contributed by atoms with E-state index < -0.39 is 0 Å². The minimum atomic E-state index is -0.265. The van der Waals surface area contributed by atoms with Gasteiger partial charge in [0.1, 0.15) is 5.75 Å². The van der Waals surface area contributed by atoms with E-state index in [1.165, 1.54) is 11.3 Å². The number of benzene rings is 1. The first-order valence-electron chi connectivity index (χ1n) is 7.87. The normalized spacial score (nSPS) is 12.0. The van der Waals surface area contributed by atoms with Crippen LogP contribution in [0.2, 0.25) is 0 Å². The molecule has 2 rings (SSSR count). The Morgan fingerprint density at radius 3 is 2.71 bits per heavy atom. The summed E-state index contributed by atoms with van der Waals surface area (Å²) in [5, 5.41) is 0. The van der Waals surface area contributed by atoms with E-state index in [1.54, 1.807) is 14.0 Å². The van der Waals surface area contributed by atoms with E-state index in [2.05, 4.69) is 4.99 Å². The first kappa shape index (κ1) is 18.2. The highest BCUT2D eigenvalue weighted by molar-refractivity contribution is 7.16. The molecule has 0 N–H and O–H groups in total. The molecule has 1 amide bonds. The lowest BCUT2D eigenvalue weighted by molar-refractivity contribution is -0.143. The van der Waals surface area contributed by atoms with Crippen LogP contribution in [0.25, 0.3) is 10.2 Å². The summed E-state index contributed by atoms with van der Waals surface area (Å²) in [6.45, 7) is 6.17. The zero-order chi connectivity index (χ0) is 17.7. The van der Waals surface area contributed by atoms with Crippen molar-refractivity contribution < 1.29 is 19.1 Å². The molecule has 0 unspecified atom stereocenters. The highest BCUT2D eigenvalue weighted by atomic mass is 32.1. The topological polar surface area (TPSA) is 69.9 Å². The van der Waals surface area contributed by atoms with E-state index in [0.717, 1.165) is 16.0 Å². The van der Waals surface area contributed by atoms with E-state index in [0.29, 0.717) is 18.0 Å². The minimum absolute atomic E-state index is 0.178. The lowest BCUT2D eigenvalue weighted by Crippen LogP contribution is -2.20. The number of carbonyl (C=O) groups is 2. The molecule has 0 aliphatic heterocycles. The highest BCUT2D eigenvalue weighted by Gasteiger charge is 2.12. The second-order valence-electron chi connectivity index (χ2n) is 5.53. The van der Waals surface area contributed by atoms with Crippen LogP contribution in [0.3, 0.4) is 0 Å². The molecule has 130 valence electrons. The first-order valence-corrected chi connectivity index (χ1v) is 8.69. The van der Waals surface area contributed by atoms with Gasteiger partial charge in [0.25, 0.3) is 5.91 Å². The first-order chi connectivity index (χ1) is 11.5. The van der Waals surface area contributed by atoms with Crippen molar-refractivity contribution in [1.82, 2.24) is 4.57 Å². The van der Waals surface area contributed by atoms with Crippen molar-refractivity contribution >= 4 is 33.4 Å². The third kappa shape index (κ3) is 4.23. The standard InChI is InChI=1S/C17H22N2O4S/c1-5-23-15(20)8-9-19-13-7-6-12(22-4)10-14(13)24-17(19)18-16(21)11(2)3/h6-7,10-11H,5,8-9H2,1-4H3. The van der Waals surface area contributed by atoms with Crippen molar-refractivity contribution in [3.05, 3.63) is 23.0 Å². The zero-order valence-corrected chi connectivity index (χ0v) is 15.2. The lowest BCUT2D eigenvalue weighted by atomic mass is 10.2. The molecular weight excluding hydrogens is 328 g/mol. The van der Waals surface area contributed by atoms with Gasteiger partial charge in [0.2, 0.25) is 0 Å². The third-order valence-electron chi connectivity index (χ3n) is 3.43. The van der Waals surface area contributed by atoms with Crippen LogP contribution in [0.4, 0.5) is 0 Å². The minimum Gasteiger partial charge on any atom is -0.497 e. The highest BCUT2D eigenvalue weighted by Crippen LogP contribution is 2.23. The Hall–Kier alpha value is -2.15. The largest absolute Gasteiger partial charge is 0.497 e. The second kappa shape index (κ2) is 8.10. The molecule has 0 fully saturated rings. The molecule has 6 nitrogen and oxygen atoms in total. The molecule has 0 saturated carbocycles. The summed E-state index contributed by atoms with van der Waals surface area (Å²) in [5.74, 6) is 0.115. The van der Waals surface area contributed by atoms with Crippen molar-refractivity contribution in [1.29, 1.82) is 0 Å². The van der Waals surface area contributed by atoms with Gasteiger partial charge in [-0.05, 0) is 25.1 Å². The number of ether oxygens (including phenoxy) is 2. The van der Waals surface area contributed by atoms with Crippen LogP contribution >= 0.6 is 11.3 Å². The molecule has 2 aromatic rings. The van der Waals surface area contributed by atoms with E-state index in [4.69, 9.17) is 9.47 Å². The van der Waals surface area contributed by atoms with Crippen molar-refractivity contribution in [2.45, 2.75) is 33.7 Å². The molecule has 0 aliphatic carbocycles. The summed E-state index contributed by atoms with van der Waals surface area (Å²) in [5.41, 5.74) is 0.917. The number of aromatic nitrogens is 1. The summed E-state index contributed by atoms with van der Waals surface area (Å²) < 4.78 is 13.1. The van der Waals surface area contributed by atoms with Gasteiger partial charge < -0.3 is 14.0 Å². The number of hydrogen-bond acceptors (Lipinski definition) is 5. The number of esters is 1. The van der Waals surface area contributed by atoms with Gasteiger partial charge >= 0.3 is 5.97 Å². The van der Waals surface area contributed by atoms with Crippen LogP contribution in [-0.4, -0.2) is 30.2 Å². The van der Waals surface area contributed by atoms with Crippen LogP contribution in [0.15, 0.2) is 23.2 Å². The van der Waals surface area contributed by atoms with E-state index in [-0.39, 0.29) is 24.2 Å². The summed E-state index contributed by atoms with van der Waals surface area (Å²) >= 11 is 1.41. The number of aryl methyl sites for hydroxylation is 1. The summed E-state index contributed by atoms with van der Waals surface area (Å²) in [4.78, 5) is 28.5. The van der Waals surface area contributed by atoms with Crippen molar-refractivity contribution in [2.75, 3.05) is 13.7 Å². The number of hydrogen-bond donors (Lipinski definition) is 0. The van der Waals surface area contributed by atoms with Crippen LogP contribution in [0, 0.1) is 5.92 Å². The van der Waals surface area contributed by atoms with Gasteiger partial charge in [-0.1, -0.05) is 25.2 Å². The quantitative estimate of drug-likeness (QED) is 0.751. The van der Waals surface area contributed by atoms with Gasteiger partial charge in [0.05, 0.1) is 30.4 Å². The average Bonchev–Trinajstić information content (AvgIpc) is 2.89. The molecule has 24 heavy (non-hydrogen) atoms. The van der Waals surface area contributed by atoms with Crippen LogP contribution < -0.4 is 9.54 Å². The van der Waals surface area contributed by atoms with Crippen molar-refractivity contribution in [3.63, 3.8) is 0 Å². The molecule has 1 aromatic carbocycles. The fraction of sp³-hybridized carbons (Fsp3) is 0.471. The third-order valence-corrected chi connectivity index (χ3v) is 4.48. The molecular formula is C17H22N2O4S. The molecule has 0 saturated heterocycles. The average molecular weight is 350 g/mol. The van der Waals surface area contributed by atoms with Gasteiger partial charge in [-0.3, -0.25) is 9.59 Å². The number of methoxy groups -OCH3 is 1. The molecule has 0 radical (unpaired) electrons. The van der Waals surface area contributed by atoms with E-state index in [9.17, 15) is 9.59 Å². The fourth-order valence-corrected chi connectivity index (χ4v) is 3.23. The number of amides is 1. The number of fused-ring (bicyclic) bond motifs is 1. The van der Waals surface area contributed by atoms with E-state index >= 15 is 0 Å². The monoisotopic (exact) mass is 350 g/mol. The maximum absolute atomic E-state index is 12.0. The van der Waals surface area contributed by atoms with Crippen molar-refractivity contribution in [2.24, 2.45) is 10.9 Å². The number of nitrogens with zero attached hydrogens (tertiary/aromatic N) is 2. The molecule has 0 bridgehead atoms. The maximum atomic E-state index is 12.0. The van der Waals surface area contributed by atoms with Gasteiger partial charge in [-0.25, -0.2) is 0 Å². The Morgan fingerprint density at radius 1 is 1.33 bits per heavy atom. The Balaban J connectivity index is 2.47. The number of carbonyl (C=O) groups excluding carboxylic acids is 2. The molecule has 7 heteroatoms. The Bertz CT molecular complexity index is 805. The SMILES string of the molecule is CCOC(=O)CCn1c(=NC(=O)C(C)C)sc2cc(OC)ccc21. The molecule has 0 atom stereocenters. The van der Waals surface area contributed by atoms with Crippen LogP contribution in [0.1, 0.15) is 27.2 Å². The molecule has 1 heterocycles.